The zero-order valence-electron chi connectivity index (χ0n) is 11.8. The second kappa shape index (κ2) is 6.81. The average molecular weight is 352 g/mol. The second-order valence-electron chi connectivity index (χ2n) is 5.14. The van der Waals surface area contributed by atoms with E-state index in [0.29, 0.717) is 30.2 Å². The van der Waals surface area contributed by atoms with Crippen LogP contribution in [-0.4, -0.2) is 50.8 Å². The number of benzene rings is 1. The van der Waals surface area contributed by atoms with Crippen molar-refractivity contribution >= 4 is 33.2 Å². The summed E-state index contributed by atoms with van der Waals surface area (Å²) in [6.07, 6.45) is 0.789. The molecular weight excluding hydrogens is 333 g/mol. The molecular formula is C13H19Cl2N3O2S. The summed E-state index contributed by atoms with van der Waals surface area (Å²) in [6, 6.07) is 2.99. The van der Waals surface area contributed by atoms with Crippen molar-refractivity contribution in [1.29, 1.82) is 0 Å². The van der Waals surface area contributed by atoms with Gasteiger partial charge < -0.3 is 10.6 Å². The minimum Gasteiger partial charge on any atom is -0.326 e. The maximum atomic E-state index is 12.8. The molecule has 8 heteroatoms. The molecule has 0 unspecified atom stereocenters. The van der Waals surface area contributed by atoms with Crippen molar-refractivity contribution in [2.24, 2.45) is 5.73 Å². The van der Waals surface area contributed by atoms with Gasteiger partial charge >= 0.3 is 0 Å². The van der Waals surface area contributed by atoms with E-state index in [1.807, 2.05) is 7.05 Å². The molecule has 1 aromatic rings. The highest BCUT2D eigenvalue weighted by Crippen LogP contribution is 2.31. The summed E-state index contributed by atoms with van der Waals surface area (Å²) in [5.74, 6) is 0. The normalized spacial score (nSPS) is 18.7. The van der Waals surface area contributed by atoms with Crippen molar-refractivity contribution < 1.29 is 8.42 Å². The predicted octanol–water partition coefficient (Wildman–Crippen LogP) is 1.78. The highest BCUT2D eigenvalue weighted by Gasteiger charge is 2.29. The summed E-state index contributed by atoms with van der Waals surface area (Å²) in [5, 5.41) is 0.491. The third-order valence-corrected chi connectivity index (χ3v) is 6.29. The molecule has 5 nitrogen and oxygen atoms in total. The van der Waals surface area contributed by atoms with Crippen LogP contribution in [0.3, 0.4) is 0 Å². The van der Waals surface area contributed by atoms with Crippen molar-refractivity contribution in [3.63, 3.8) is 0 Å². The molecule has 0 radical (unpaired) electrons. The number of sulfonamides is 1. The summed E-state index contributed by atoms with van der Waals surface area (Å²) in [5.41, 5.74) is 6.13. The summed E-state index contributed by atoms with van der Waals surface area (Å²) in [4.78, 5) is 2.15. The van der Waals surface area contributed by atoms with E-state index in [9.17, 15) is 8.42 Å². The maximum absolute atomic E-state index is 12.8. The van der Waals surface area contributed by atoms with E-state index in [0.717, 1.165) is 13.0 Å². The molecule has 0 aliphatic carbocycles. The fourth-order valence-corrected chi connectivity index (χ4v) is 4.74. The van der Waals surface area contributed by atoms with Gasteiger partial charge in [0.25, 0.3) is 0 Å². The van der Waals surface area contributed by atoms with Gasteiger partial charge in [-0.15, -0.1) is 0 Å². The Balaban J connectivity index is 2.42. The number of nitrogens with zero attached hydrogens (tertiary/aromatic N) is 2. The molecule has 21 heavy (non-hydrogen) atoms. The van der Waals surface area contributed by atoms with Gasteiger partial charge in [0.2, 0.25) is 10.0 Å². The second-order valence-corrected chi connectivity index (χ2v) is 7.86. The Hall–Kier alpha value is -0.370. The topological polar surface area (TPSA) is 66.6 Å². The largest absolute Gasteiger partial charge is 0.326 e. The quantitative estimate of drug-likeness (QED) is 0.901. The lowest BCUT2D eigenvalue weighted by Gasteiger charge is -2.21. The highest BCUT2D eigenvalue weighted by molar-refractivity contribution is 7.89. The van der Waals surface area contributed by atoms with Crippen LogP contribution in [0.15, 0.2) is 17.0 Å². The molecule has 2 N–H and O–H groups in total. The number of likely N-dealkylation sites (N-methyl/N-ethyl adjacent to an activating group) is 1. The Labute approximate surface area is 135 Å². The van der Waals surface area contributed by atoms with Crippen LogP contribution in [0.4, 0.5) is 0 Å². The van der Waals surface area contributed by atoms with Crippen LogP contribution in [0.1, 0.15) is 12.0 Å². The zero-order valence-corrected chi connectivity index (χ0v) is 14.2. The van der Waals surface area contributed by atoms with E-state index in [1.165, 1.54) is 10.4 Å². The molecule has 0 spiro atoms. The first-order chi connectivity index (χ1) is 9.86. The van der Waals surface area contributed by atoms with Crippen LogP contribution in [0.5, 0.6) is 0 Å². The molecule has 0 atom stereocenters. The molecule has 0 saturated carbocycles. The van der Waals surface area contributed by atoms with Gasteiger partial charge in [-0.3, -0.25) is 0 Å². The maximum Gasteiger partial charge on any atom is 0.244 e. The van der Waals surface area contributed by atoms with Crippen LogP contribution < -0.4 is 5.73 Å². The lowest BCUT2D eigenvalue weighted by molar-refractivity contribution is 0.347. The number of halogens is 2. The van der Waals surface area contributed by atoms with Gasteiger partial charge in [-0.1, -0.05) is 23.2 Å². The molecule has 1 aromatic carbocycles. The zero-order chi connectivity index (χ0) is 15.6. The molecule has 2 rings (SSSR count). The van der Waals surface area contributed by atoms with Gasteiger partial charge in [-0.2, -0.15) is 4.31 Å². The third-order valence-electron chi connectivity index (χ3n) is 3.60. The van der Waals surface area contributed by atoms with E-state index in [2.05, 4.69) is 4.90 Å². The van der Waals surface area contributed by atoms with Crippen LogP contribution in [0.25, 0.3) is 0 Å². The molecule has 118 valence electrons. The van der Waals surface area contributed by atoms with Crippen molar-refractivity contribution in [3.05, 3.63) is 27.7 Å². The Morgan fingerprint density at radius 3 is 2.57 bits per heavy atom. The van der Waals surface area contributed by atoms with Crippen LogP contribution in [0, 0.1) is 0 Å². The number of rotatable bonds is 3. The summed E-state index contributed by atoms with van der Waals surface area (Å²) < 4.78 is 27.1. The number of hydrogen-bond acceptors (Lipinski definition) is 4. The molecule has 0 amide bonds. The monoisotopic (exact) mass is 351 g/mol. The third kappa shape index (κ3) is 3.70. The fourth-order valence-electron chi connectivity index (χ4n) is 2.36. The van der Waals surface area contributed by atoms with Gasteiger partial charge in [-0.05, 0) is 37.7 Å². The first kappa shape index (κ1) is 17.0. The van der Waals surface area contributed by atoms with Gasteiger partial charge in [-0.25, -0.2) is 8.42 Å². The van der Waals surface area contributed by atoms with Gasteiger partial charge in [0.15, 0.2) is 0 Å². The van der Waals surface area contributed by atoms with Crippen LogP contribution in [-0.2, 0) is 16.6 Å². The van der Waals surface area contributed by atoms with E-state index >= 15 is 0 Å². The summed E-state index contributed by atoms with van der Waals surface area (Å²) >= 11 is 12.2. The van der Waals surface area contributed by atoms with Crippen molar-refractivity contribution in [3.8, 4) is 0 Å². The molecule has 0 aromatic heterocycles. The molecule has 1 aliphatic heterocycles. The number of nitrogens with two attached hydrogens (primary N) is 1. The van der Waals surface area contributed by atoms with Gasteiger partial charge in [0.1, 0.15) is 4.90 Å². The molecule has 1 fully saturated rings. The molecule has 1 heterocycles. The van der Waals surface area contributed by atoms with Crippen LogP contribution >= 0.6 is 23.2 Å². The smallest absolute Gasteiger partial charge is 0.244 e. The van der Waals surface area contributed by atoms with Gasteiger partial charge in [0.05, 0.1) is 5.02 Å². The molecule has 1 saturated heterocycles. The minimum atomic E-state index is -3.66. The minimum absolute atomic E-state index is 0.0432. The average Bonchev–Trinajstić information content (AvgIpc) is 2.66. The van der Waals surface area contributed by atoms with Gasteiger partial charge in [0, 0.05) is 31.2 Å². The Morgan fingerprint density at radius 2 is 1.90 bits per heavy atom. The van der Waals surface area contributed by atoms with E-state index < -0.39 is 10.0 Å². The molecule has 1 aliphatic rings. The van der Waals surface area contributed by atoms with E-state index in [1.54, 1.807) is 6.07 Å². The Morgan fingerprint density at radius 1 is 1.19 bits per heavy atom. The SMILES string of the molecule is CN1CCCN(S(=O)(=O)c2cc(Cl)cc(CN)c2Cl)CC1. The van der Waals surface area contributed by atoms with E-state index in [4.69, 9.17) is 28.9 Å². The van der Waals surface area contributed by atoms with Crippen molar-refractivity contribution in [2.75, 3.05) is 33.2 Å². The van der Waals surface area contributed by atoms with Crippen LogP contribution in [0.2, 0.25) is 10.0 Å². The lowest BCUT2D eigenvalue weighted by Crippen LogP contribution is -2.34. The Kier molecular flexibility index (Phi) is 5.51. The highest BCUT2D eigenvalue weighted by atomic mass is 35.5. The van der Waals surface area contributed by atoms with Crippen molar-refractivity contribution in [1.82, 2.24) is 9.21 Å². The standard InChI is InChI=1S/C13H19Cl2N3O2S/c1-17-3-2-4-18(6-5-17)21(19,20)12-8-11(14)7-10(9-16)13(12)15/h7-8H,2-6,9,16H2,1H3. The first-order valence-corrected chi connectivity index (χ1v) is 8.92. The lowest BCUT2D eigenvalue weighted by atomic mass is 10.2. The van der Waals surface area contributed by atoms with Crippen molar-refractivity contribution in [2.45, 2.75) is 17.9 Å². The summed E-state index contributed by atoms with van der Waals surface area (Å²) in [7, 11) is -1.68. The number of hydrogen-bond donors (Lipinski definition) is 1. The molecule has 0 bridgehead atoms. The van der Waals surface area contributed by atoms with E-state index in [-0.39, 0.29) is 16.5 Å². The summed E-state index contributed by atoms with van der Waals surface area (Å²) in [6.45, 7) is 2.64. The first-order valence-electron chi connectivity index (χ1n) is 6.73. The predicted molar refractivity (Wildman–Crippen MR) is 85.2 cm³/mol. The Bertz CT molecular complexity index is 622. The fraction of sp³-hybridized carbons (Fsp3) is 0.538.